The van der Waals surface area contributed by atoms with Crippen molar-refractivity contribution >= 4 is 48.1 Å². The lowest BCUT2D eigenvalue weighted by Crippen LogP contribution is -2.60. The summed E-state index contributed by atoms with van der Waals surface area (Å²) in [6.07, 6.45) is 2.67. The van der Waals surface area contributed by atoms with Gasteiger partial charge in [-0.3, -0.25) is 24.0 Å². The summed E-state index contributed by atoms with van der Waals surface area (Å²) in [5.41, 5.74) is 12.5. The molecule has 0 unspecified atom stereocenters. The first-order chi connectivity index (χ1) is 21.2. The van der Waals surface area contributed by atoms with Crippen molar-refractivity contribution in [2.75, 3.05) is 5.75 Å². The Morgan fingerprint density at radius 2 is 1.51 bits per heavy atom. The summed E-state index contributed by atoms with van der Waals surface area (Å²) >= 11 is 3.93. The number of aromatic amines is 1. The number of hydrogen-bond donors (Lipinski definition) is 10. The number of aromatic nitrogens is 2. The number of thiol groups is 1. The monoisotopic (exact) mass is 648 g/mol. The van der Waals surface area contributed by atoms with E-state index in [0.29, 0.717) is 17.7 Å². The van der Waals surface area contributed by atoms with Crippen LogP contribution >= 0.6 is 12.6 Å². The van der Waals surface area contributed by atoms with E-state index in [2.05, 4.69) is 43.9 Å². The number of imidazole rings is 1. The Morgan fingerprint density at radius 3 is 2.04 bits per heavy atom. The molecule has 0 saturated heterocycles. The highest BCUT2D eigenvalue weighted by Crippen LogP contribution is 2.13. The summed E-state index contributed by atoms with van der Waals surface area (Å²) in [4.78, 5) is 82.9. The van der Waals surface area contributed by atoms with E-state index >= 15 is 0 Å². The molecule has 6 atom stereocenters. The molecule has 0 aliphatic carbocycles. The van der Waals surface area contributed by atoms with Gasteiger partial charge in [0.15, 0.2) is 0 Å². The standard InChI is InChI=1S/C28H40N8O8S/c1-3-14(2)23(27(42)35-21(12-45)28(43)44)36-26(41)20(10-22(30)38)34-25(40)19(8-15-4-6-17(37)7-5-15)33-24(39)18(29)9-16-11-31-13-32-16/h4-7,11,13-14,18-21,23,37,45H,3,8-10,12,29H2,1-2H3,(H2,30,38)(H,31,32)(H,33,39)(H,34,40)(H,35,42)(H,36,41)(H,43,44)/t14-,18-,19-,20-,21-,23-/m0/s1. The van der Waals surface area contributed by atoms with Crippen LogP contribution in [0.4, 0.5) is 0 Å². The second-order valence-electron chi connectivity index (χ2n) is 10.5. The minimum absolute atomic E-state index is 0.0208. The number of hydrogen-bond acceptors (Lipinski definition) is 10. The zero-order valence-electron chi connectivity index (χ0n) is 24.9. The van der Waals surface area contributed by atoms with Gasteiger partial charge in [0.25, 0.3) is 0 Å². The van der Waals surface area contributed by atoms with Crippen LogP contribution in [0.5, 0.6) is 5.75 Å². The van der Waals surface area contributed by atoms with Crippen molar-refractivity contribution in [1.82, 2.24) is 31.2 Å². The molecule has 1 aromatic carbocycles. The first-order valence-corrected chi connectivity index (χ1v) is 14.7. The fourth-order valence-corrected chi connectivity index (χ4v) is 4.41. The van der Waals surface area contributed by atoms with Gasteiger partial charge < -0.3 is 47.9 Å². The Morgan fingerprint density at radius 1 is 0.911 bits per heavy atom. The lowest BCUT2D eigenvalue weighted by atomic mass is 9.97. The van der Waals surface area contributed by atoms with E-state index in [0.717, 1.165) is 0 Å². The van der Waals surface area contributed by atoms with Crippen molar-refractivity contribution in [3.05, 3.63) is 48.0 Å². The highest BCUT2D eigenvalue weighted by Gasteiger charge is 2.34. The number of aliphatic carboxylic acids is 1. The zero-order valence-corrected chi connectivity index (χ0v) is 25.8. The lowest BCUT2D eigenvalue weighted by Gasteiger charge is -2.28. The van der Waals surface area contributed by atoms with Crippen LogP contribution in [0.1, 0.15) is 37.9 Å². The smallest absolute Gasteiger partial charge is 0.327 e. The maximum absolute atomic E-state index is 13.5. The molecule has 17 heteroatoms. The molecule has 0 bridgehead atoms. The van der Waals surface area contributed by atoms with Crippen LogP contribution in [0.15, 0.2) is 36.8 Å². The molecule has 1 aromatic heterocycles. The number of H-pyrrole nitrogens is 1. The molecule has 0 saturated carbocycles. The van der Waals surface area contributed by atoms with E-state index in [1.807, 2.05) is 0 Å². The van der Waals surface area contributed by atoms with Crippen molar-refractivity contribution in [1.29, 1.82) is 0 Å². The summed E-state index contributed by atoms with van der Waals surface area (Å²) in [7, 11) is 0. The molecule has 45 heavy (non-hydrogen) atoms. The molecule has 1 heterocycles. The van der Waals surface area contributed by atoms with E-state index in [4.69, 9.17) is 11.5 Å². The predicted molar refractivity (Wildman–Crippen MR) is 165 cm³/mol. The third-order valence-corrected chi connectivity index (χ3v) is 7.33. The van der Waals surface area contributed by atoms with Gasteiger partial charge in [-0.25, -0.2) is 9.78 Å². The summed E-state index contributed by atoms with van der Waals surface area (Å²) in [6.45, 7) is 3.40. The van der Waals surface area contributed by atoms with Crippen LogP contribution in [0.3, 0.4) is 0 Å². The largest absolute Gasteiger partial charge is 0.508 e. The third kappa shape index (κ3) is 11.8. The normalized spacial score (nSPS) is 14.9. The number of carboxylic acids is 1. The van der Waals surface area contributed by atoms with Gasteiger partial charge >= 0.3 is 5.97 Å². The van der Waals surface area contributed by atoms with Gasteiger partial charge in [-0.05, 0) is 23.6 Å². The van der Waals surface area contributed by atoms with Crippen LogP contribution in [-0.2, 0) is 41.6 Å². The highest BCUT2D eigenvalue weighted by atomic mass is 32.1. The van der Waals surface area contributed by atoms with Crippen LogP contribution in [0, 0.1) is 5.92 Å². The number of carbonyl (C=O) groups is 6. The summed E-state index contributed by atoms with van der Waals surface area (Å²) in [5, 5.41) is 28.7. The van der Waals surface area contributed by atoms with E-state index < -0.39 is 78.1 Å². The van der Waals surface area contributed by atoms with E-state index in [1.54, 1.807) is 13.8 Å². The van der Waals surface area contributed by atoms with Crippen molar-refractivity contribution in [2.45, 2.75) is 69.7 Å². The van der Waals surface area contributed by atoms with Crippen LogP contribution in [0.2, 0.25) is 0 Å². The number of phenols is 1. The lowest BCUT2D eigenvalue weighted by molar-refractivity contribution is -0.142. The van der Waals surface area contributed by atoms with Gasteiger partial charge in [0.05, 0.1) is 18.8 Å². The molecule has 246 valence electrons. The average Bonchev–Trinajstić information content (AvgIpc) is 3.50. The van der Waals surface area contributed by atoms with E-state index in [-0.39, 0.29) is 24.3 Å². The molecule has 5 amide bonds. The Kier molecular flexibility index (Phi) is 14.3. The fraction of sp³-hybridized carbons (Fsp3) is 0.464. The van der Waals surface area contributed by atoms with Crippen LogP contribution in [0.25, 0.3) is 0 Å². The van der Waals surface area contributed by atoms with E-state index in [9.17, 15) is 39.0 Å². The maximum atomic E-state index is 13.5. The highest BCUT2D eigenvalue weighted by molar-refractivity contribution is 7.80. The Labute approximate surface area is 264 Å². The quantitative estimate of drug-likeness (QED) is 0.0802. The second kappa shape index (κ2) is 17.6. The Hall–Kier alpha value is -4.64. The summed E-state index contributed by atoms with van der Waals surface area (Å²) < 4.78 is 0. The number of carboxylic acid groups (broad SMARTS) is 1. The number of rotatable bonds is 18. The van der Waals surface area contributed by atoms with Crippen molar-refractivity contribution in [3.63, 3.8) is 0 Å². The average molecular weight is 649 g/mol. The number of nitrogens with zero attached hydrogens (tertiary/aromatic N) is 1. The molecule has 0 fully saturated rings. The van der Waals surface area contributed by atoms with Gasteiger partial charge in [-0.2, -0.15) is 12.6 Å². The molecule has 0 spiro atoms. The van der Waals surface area contributed by atoms with E-state index in [1.165, 1.54) is 36.8 Å². The van der Waals surface area contributed by atoms with Gasteiger partial charge in [-0.15, -0.1) is 0 Å². The van der Waals surface area contributed by atoms with Gasteiger partial charge in [0.2, 0.25) is 29.5 Å². The molecule has 11 N–H and O–H groups in total. The van der Waals surface area contributed by atoms with Crippen molar-refractivity contribution in [2.24, 2.45) is 17.4 Å². The number of benzene rings is 1. The maximum Gasteiger partial charge on any atom is 0.327 e. The first-order valence-electron chi connectivity index (χ1n) is 14.1. The number of nitrogens with two attached hydrogens (primary N) is 2. The summed E-state index contributed by atoms with van der Waals surface area (Å²) in [5.74, 6) is -6.26. The first kappa shape index (κ1) is 36.6. The molecular weight excluding hydrogens is 608 g/mol. The van der Waals surface area contributed by atoms with Gasteiger partial charge in [-0.1, -0.05) is 32.4 Å². The number of primary amides is 1. The number of phenolic OH excluding ortho intramolecular Hbond substituents is 1. The topological polar surface area (TPSA) is 272 Å². The minimum atomic E-state index is -1.56. The molecule has 16 nitrogen and oxygen atoms in total. The van der Waals surface area contributed by atoms with Crippen molar-refractivity contribution < 1.29 is 39.0 Å². The Bertz CT molecular complexity index is 1320. The number of nitrogens with one attached hydrogen (secondary N) is 5. The molecule has 2 aromatic rings. The number of carbonyl (C=O) groups excluding carboxylic acids is 5. The second-order valence-corrected chi connectivity index (χ2v) is 10.9. The minimum Gasteiger partial charge on any atom is -0.508 e. The molecular formula is C28H40N8O8S. The van der Waals surface area contributed by atoms with Crippen molar-refractivity contribution in [3.8, 4) is 5.75 Å². The molecule has 0 aliphatic heterocycles. The van der Waals surface area contributed by atoms with Gasteiger partial charge in [0, 0.05) is 30.5 Å². The van der Waals surface area contributed by atoms with Crippen LogP contribution in [-0.4, -0.2) is 91.6 Å². The fourth-order valence-electron chi connectivity index (χ4n) is 4.17. The zero-order chi connectivity index (χ0) is 33.7. The molecule has 0 aliphatic rings. The number of amides is 5. The predicted octanol–water partition coefficient (Wildman–Crippen LogP) is -1.90. The SMILES string of the molecule is CC[C@H](C)[C@H](NC(=O)[C@H](CC(N)=O)NC(=O)[C@H](Cc1ccc(O)cc1)NC(=O)[C@@H](N)Cc1cnc[nH]1)C(=O)N[C@@H](CS)C(=O)O. The molecule has 0 radical (unpaired) electrons. The third-order valence-electron chi connectivity index (χ3n) is 6.97. The van der Waals surface area contributed by atoms with Gasteiger partial charge in [0.1, 0.15) is 29.9 Å². The Balaban J connectivity index is 2.29. The number of aromatic hydroxyl groups is 1. The summed E-state index contributed by atoms with van der Waals surface area (Å²) in [6, 6.07) is -0.643. The van der Waals surface area contributed by atoms with Crippen LogP contribution < -0.4 is 32.7 Å². The molecule has 2 rings (SSSR count).